The molecule has 0 spiro atoms. The molecule has 5 nitrogen and oxygen atoms in total. The van der Waals surface area contributed by atoms with Gasteiger partial charge in [-0.05, 0) is 26.0 Å². The Bertz CT molecular complexity index is 794. The number of benzene rings is 1. The van der Waals surface area contributed by atoms with Crippen LogP contribution in [0, 0.1) is 0 Å². The summed E-state index contributed by atoms with van der Waals surface area (Å²) in [6, 6.07) is 4.86. The van der Waals surface area contributed by atoms with Gasteiger partial charge < -0.3 is 4.52 Å². The molecule has 1 aromatic heterocycles. The van der Waals surface area contributed by atoms with Crippen molar-refractivity contribution in [3.8, 4) is 11.4 Å². The van der Waals surface area contributed by atoms with Gasteiger partial charge in [-0.1, -0.05) is 29.4 Å². The van der Waals surface area contributed by atoms with Crippen molar-refractivity contribution in [2.24, 2.45) is 0 Å². The first kappa shape index (κ1) is 19.6. The van der Waals surface area contributed by atoms with Gasteiger partial charge >= 0.3 is 6.18 Å². The summed E-state index contributed by atoms with van der Waals surface area (Å²) in [6.45, 7) is 12.4. The van der Waals surface area contributed by atoms with Gasteiger partial charge in [-0.25, -0.2) is 0 Å². The summed E-state index contributed by atoms with van der Waals surface area (Å²) in [5.74, 6) is 0.583. The Hall–Kier alpha value is -2.19. The highest BCUT2D eigenvalue weighted by molar-refractivity contribution is 5.55. The molecule has 2 heterocycles. The minimum absolute atomic E-state index is 0.0935. The zero-order chi connectivity index (χ0) is 19.6. The molecule has 1 fully saturated rings. The van der Waals surface area contributed by atoms with Crippen molar-refractivity contribution in [3.63, 3.8) is 0 Å². The fourth-order valence-corrected chi connectivity index (χ4v) is 3.20. The van der Waals surface area contributed by atoms with Crippen LogP contribution < -0.4 is 0 Å². The Morgan fingerprint density at radius 2 is 1.96 bits per heavy atom. The number of rotatable bonds is 5. The molecule has 27 heavy (non-hydrogen) atoms. The van der Waals surface area contributed by atoms with Gasteiger partial charge in [0.05, 0.1) is 11.6 Å². The smallest absolute Gasteiger partial charge is 0.337 e. The first-order chi connectivity index (χ1) is 12.7. The molecule has 2 aromatic rings. The Balaban J connectivity index is 1.68. The Kier molecular flexibility index (Phi) is 5.67. The zero-order valence-electron chi connectivity index (χ0n) is 15.5. The number of nitrogens with zero attached hydrogens (tertiary/aromatic N) is 4. The molecule has 1 aromatic carbocycles. The summed E-state index contributed by atoms with van der Waals surface area (Å²) >= 11 is 0. The first-order valence-electron chi connectivity index (χ1n) is 8.86. The highest BCUT2D eigenvalue weighted by Crippen LogP contribution is 2.32. The van der Waals surface area contributed by atoms with Crippen LogP contribution in [0.2, 0.25) is 0 Å². The highest BCUT2D eigenvalue weighted by Gasteiger charge is 2.31. The monoisotopic (exact) mass is 380 g/mol. The van der Waals surface area contributed by atoms with E-state index in [2.05, 4.69) is 26.5 Å². The van der Waals surface area contributed by atoms with Gasteiger partial charge in [0.15, 0.2) is 0 Å². The van der Waals surface area contributed by atoms with Crippen LogP contribution >= 0.6 is 0 Å². The van der Waals surface area contributed by atoms with E-state index in [1.54, 1.807) is 6.07 Å². The largest absolute Gasteiger partial charge is 0.416 e. The molecule has 1 atom stereocenters. The number of alkyl halides is 3. The number of aromatic nitrogens is 2. The van der Waals surface area contributed by atoms with E-state index in [1.165, 1.54) is 6.07 Å². The Morgan fingerprint density at radius 1 is 1.26 bits per heavy atom. The standard InChI is InChI=1S/C19H23F3N4O/c1-13(2)12-25-7-9-26(10-8-25)14(3)18-23-17(24-27-18)15-5-4-6-16(11-15)19(20,21)22/h4-6,11,14H,1,7-10,12H2,2-3H3. The van der Waals surface area contributed by atoms with Crippen molar-refractivity contribution in [1.82, 2.24) is 19.9 Å². The summed E-state index contributed by atoms with van der Waals surface area (Å²) in [5.41, 5.74) is 0.700. The lowest BCUT2D eigenvalue weighted by Crippen LogP contribution is -2.47. The van der Waals surface area contributed by atoms with Crippen LogP contribution in [0.1, 0.15) is 31.3 Å². The lowest BCUT2D eigenvalue weighted by molar-refractivity contribution is -0.137. The summed E-state index contributed by atoms with van der Waals surface area (Å²) < 4.78 is 44.0. The van der Waals surface area contributed by atoms with E-state index in [9.17, 15) is 13.2 Å². The van der Waals surface area contributed by atoms with Crippen molar-refractivity contribution in [1.29, 1.82) is 0 Å². The summed E-state index contributed by atoms with van der Waals surface area (Å²) in [6.07, 6.45) is -4.40. The van der Waals surface area contributed by atoms with Gasteiger partial charge in [0.25, 0.3) is 0 Å². The second-order valence-corrected chi connectivity index (χ2v) is 6.98. The molecule has 0 bridgehead atoms. The van der Waals surface area contributed by atoms with Gasteiger partial charge in [0.1, 0.15) is 0 Å². The van der Waals surface area contributed by atoms with E-state index in [4.69, 9.17) is 4.52 Å². The summed E-state index contributed by atoms with van der Waals surface area (Å²) in [5, 5.41) is 3.88. The SMILES string of the molecule is C=C(C)CN1CCN(C(C)c2nc(-c3cccc(C(F)(F)F)c3)no2)CC1. The maximum Gasteiger partial charge on any atom is 0.416 e. The van der Waals surface area contributed by atoms with Crippen molar-refractivity contribution >= 4 is 0 Å². The van der Waals surface area contributed by atoms with Crippen molar-refractivity contribution in [3.05, 3.63) is 47.9 Å². The maximum atomic E-state index is 12.9. The quantitative estimate of drug-likeness (QED) is 0.734. The normalized spacial score (nSPS) is 17.8. The molecule has 3 rings (SSSR count). The molecule has 0 N–H and O–H groups in total. The molecule has 8 heteroatoms. The van der Waals surface area contributed by atoms with Crippen molar-refractivity contribution in [2.45, 2.75) is 26.1 Å². The number of halogens is 3. The van der Waals surface area contributed by atoms with Gasteiger partial charge in [-0.2, -0.15) is 18.2 Å². The third-order valence-electron chi connectivity index (χ3n) is 4.70. The molecular weight excluding hydrogens is 357 g/mol. The van der Waals surface area contributed by atoms with Crippen LogP contribution in [0.3, 0.4) is 0 Å². The number of hydrogen-bond donors (Lipinski definition) is 0. The number of piperazine rings is 1. The molecule has 1 saturated heterocycles. The van der Waals surface area contributed by atoms with E-state index in [-0.39, 0.29) is 11.9 Å². The van der Waals surface area contributed by atoms with Gasteiger partial charge in [-0.15, -0.1) is 0 Å². The topological polar surface area (TPSA) is 45.4 Å². The van der Waals surface area contributed by atoms with Crippen LogP contribution in [-0.2, 0) is 6.18 Å². The third kappa shape index (κ3) is 4.75. The fourth-order valence-electron chi connectivity index (χ4n) is 3.20. The van der Waals surface area contributed by atoms with Gasteiger partial charge in [0, 0.05) is 38.3 Å². The second-order valence-electron chi connectivity index (χ2n) is 6.98. The van der Waals surface area contributed by atoms with Gasteiger partial charge in [0.2, 0.25) is 11.7 Å². The van der Waals surface area contributed by atoms with E-state index in [0.717, 1.165) is 50.4 Å². The third-order valence-corrected chi connectivity index (χ3v) is 4.70. The maximum absolute atomic E-state index is 12.9. The van der Waals surface area contributed by atoms with Gasteiger partial charge in [-0.3, -0.25) is 9.80 Å². The predicted molar refractivity (Wildman–Crippen MR) is 96.0 cm³/mol. The lowest BCUT2D eigenvalue weighted by atomic mass is 10.1. The van der Waals surface area contributed by atoms with Crippen molar-refractivity contribution in [2.75, 3.05) is 32.7 Å². The molecule has 0 saturated carbocycles. The Labute approximate surface area is 156 Å². The molecular formula is C19H23F3N4O. The van der Waals surface area contributed by atoms with Crippen LogP contribution in [0.15, 0.2) is 40.9 Å². The van der Waals surface area contributed by atoms with Crippen LogP contribution in [0.25, 0.3) is 11.4 Å². The zero-order valence-corrected chi connectivity index (χ0v) is 15.5. The van der Waals surface area contributed by atoms with E-state index >= 15 is 0 Å². The lowest BCUT2D eigenvalue weighted by Gasteiger charge is -2.36. The molecule has 146 valence electrons. The predicted octanol–water partition coefficient (Wildman–Crippen LogP) is 4.01. The minimum Gasteiger partial charge on any atom is -0.337 e. The minimum atomic E-state index is -4.40. The highest BCUT2D eigenvalue weighted by atomic mass is 19.4. The first-order valence-corrected chi connectivity index (χ1v) is 8.86. The molecule has 1 aliphatic heterocycles. The van der Waals surface area contributed by atoms with Crippen LogP contribution in [0.4, 0.5) is 13.2 Å². The van der Waals surface area contributed by atoms with E-state index in [0.29, 0.717) is 11.5 Å². The van der Waals surface area contributed by atoms with Crippen molar-refractivity contribution < 1.29 is 17.7 Å². The molecule has 0 radical (unpaired) electrons. The second kappa shape index (κ2) is 7.82. The van der Waals surface area contributed by atoms with E-state index in [1.807, 2.05) is 13.8 Å². The molecule has 1 unspecified atom stereocenters. The average molecular weight is 380 g/mol. The Morgan fingerprint density at radius 3 is 2.59 bits per heavy atom. The molecule has 1 aliphatic rings. The number of hydrogen-bond acceptors (Lipinski definition) is 5. The molecule has 0 amide bonds. The summed E-state index contributed by atoms with van der Waals surface area (Å²) in [4.78, 5) is 8.91. The van der Waals surface area contributed by atoms with Crippen LogP contribution in [0.5, 0.6) is 0 Å². The average Bonchev–Trinajstić information content (AvgIpc) is 3.11. The van der Waals surface area contributed by atoms with Crippen LogP contribution in [-0.4, -0.2) is 52.7 Å². The summed E-state index contributed by atoms with van der Waals surface area (Å²) in [7, 11) is 0. The van der Waals surface area contributed by atoms with E-state index < -0.39 is 11.7 Å². The molecule has 0 aliphatic carbocycles. The fraction of sp³-hybridized carbons (Fsp3) is 0.474.